The minimum absolute atomic E-state index is 0.127. The molecule has 4 nitrogen and oxygen atoms in total. The van der Waals surface area contributed by atoms with Crippen LogP contribution in [-0.2, 0) is 9.53 Å². The summed E-state index contributed by atoms with van der Waals surface area (Å²) in [5, 5.41) is 3.37. The summed E-state index contributed by atoms with van der Waals surface area (Å²) in [6, 6.07) is 3.69. The Morgan fingerprint density at radius 2 is 2.30 bits per heavy atom. The van der Waals surface area contributed by atoms with Gasteiger partial charge in [-0.25, -0.2) is 4.79 Å². The van der Waals surface area contributed by atoms with Gasteiger partial charge in [0.2, 0.25) is 0 Å². The van der Waals surface area contributed by atoms with Gasteiger partial charge in [0.1, 0.15) is 6.04 Å². The second-order valence-corrected chi connectivity index (χ2v) is 5.86. The van der Waals surface area contributed by atoms with Gasteiger partial charge >= 0.3 is 5.97 Å². The molecule has 1 N–H and O–H groups in total. The Balaban J connectivity index is 1.77. The van der Waals surface area contributed by atoms with Crippen LogP contribution in [-0.4, -0.2) is 23.6 Å². The van der Waals surface area contributed by atoms with Crippen molar-refractivity contribution in [2.45, 2.75) is 25.3 Å². The van der Waals surface area contributed by atoms with Crippen LogP contribution in [0.25, 0.3) is 0 Å². The summed E-state index contributed by atoms with van der Waals surface area (Å²) in [5.74, 6) is 1.51. The van der Waals surface area contributed by atoms with Gasteiger partial charge in [-0.05, 0) is 37.3 Å². The maximum Gasteiger partial charge on any atom is 0.328 e. The van der Waals surface area contributed by atoms with Gasteiger partial charge in [0.15, 0.2) is 0 Å². The number of nitrogens with zero attached hydrogens (tertiary/aromatic N) is 1. The highest BCUT2D eigenvalue weighted by Gasteiger charge is 2.54. The summed E-state index contributed by atoms with van der Waals surface area (Å²) in [7, 11) is 0. The second-order valence-electron chi connectivity index (χ2n) is 5.86. The minimum atomic E-state index is -0.239. The molecule has 0 unspecified atom stereocenters. The molecule has 1 aromatic rings. The molecule has 0 aromatic carbocycles. The predicted octanol–water partition coefficient (Wildman–Crippen LogP) is 2.34. The van der Waals surface area contributed by atoms with Gasteiger partial charge < -0.3 is 10.1 Å². The SMILES string of the molecule is CCOC(=O)[C@H]1Nc2cccnc2[C@H]2[C@@H]1[C@@H]1C=C[C@H]2C1. The van der Waals surface area contributed by atoms with Crippen molar-refractivity contribution in [2.75, 3.05) is 11.9 Å². The van der Waals surface area contributed by atoms with Gasteiger partial charge in [0, 0.05) is 18.0 Å². The number of hydrogen-bond acceptors (Lipinski definition) is 4. The van der Waals surface area contributed by atoms with Crippen LogP contribution in [0.5, 0.6) is 0 Å². The molecule has 2 bridgehead atoms. The summed E-state index contributed by atoms with van der Waals surface area (Å²) in [6.07, 6.45) is 7.56. The van der Waals surface area contributed by atoms with Crippen LogP contribution in [0, 0.1) is 17.8 Å². The van der Waals surface area contributed by atoms with Crippen LogP contribution in [0.2, 0.25) is 0 Å². The lowest BCUT2D eigenvalue weighted by Crippen LogP contribution is -2.46. The Kier molecular flexibility index (Phi) is 2.59. The number of esters is 1. The standard InChI is InChI=1S/C16H18N2O2/c1-2-20-16(19)15-13-10-6-5-9(8-10)12(13)14-11(18-15)4-3-7-17-14/h3-7,9-10,12-13,15,18H,2,8H2,1H3/t9-,10+,12+,13-,15-/m0/s1. The fraction of sp³-hybridized carbons (Fsp3) is 0.500. The van der Waals surface area contributed by atoms with E-state index in [1.54, 1.807) is 0 Å². The molecule has 1 aliphatic heterocycles. The van der Waals surface area contributed by atoms with Gasteiger partial charge in [-0.15, -0.1) is 0 Å². The average molecular weight is 270 g/mol. The highest BCUT2D eigenvalue weighted by molar-refractivity contribution is 5.82. The van der Waals surface area contributed by atoms with E-state index in [0.29, 0.717) is 24.4 Å². The van der Waals surface area contributed by atoms with Crippen molar-refractivity contribution < 1.29 is 9.53 Å². The molecular weight excluding hydrogens is 252 g/mol. The van der Waals surface area contributed by atoms with Gasteiger partial charge in [0.25, 0.3) is 0 Å². The van der Waals surface area contributed by atoms with Crippen molar-refractivity contribution in [3.63, 3.8) is 0 Å². The highest BCUT2D eigenvalue weighted by atomic mass is 16.5. The summed E-state index contributed by atoms with van der Waals surface area (Å²) in [5.41, 5.74) is 2.11. The molecular formula is C16H18N2O2. The fourth-order valence-corrected chi connectivity index (χ4v) is 4.22. The zero-order valence-corrected chi connectivity index (χ0v) is 11.5. The quantitative estimate of drug-likeness (QED) is 0.662. The number of aromatic nitrogens is 1. The lowest BCUT2D eigenvalue weighted by Gasteiger charge is -2.39. The third-order valence-electron chi connectivity index (χ3n) is 4.91. The van der Waals surface area contributed by atoms with Crippen molar-refractivity contribution >= 4 is 11.7 Å². The van der Waals surface area contributed by atoms with Gasteiger partial charge in [-0.1, -0.05) is 12.2 Å². The van der Waals surface area contributed by atoms with Crippen LogP contribution in [0.1, 0.15) is 25.0 Å². The van der Waals surface area contributed by atoms with Gasteiger partial charge in [0.05, 0.1) is 18.0 Å². The first-order chi connectivity index (χ1) is 9.79. The summed E-state index contributed by atoms with van der Waals surface area (Å²) >= 11 is 0. The number of allylic oxidation sites excluding steroid dienone is 2. The summed E-state index contributed by atoms with van der Waals surface area (Å²) < 4.78 is 5.27. The Morgan fingerprint density at radius 3 is 3.15 bits per heavy atom. The van der Waals surface area contributed by atoms with E-state index in [9.17, 15) is 4.79 Å². The summed E-state index contributed by atoms with van der Waals surface area (Å²) in [6.45, 7) is 2.28. The Labute approximate surface area is 118 Å². The number of nitrogens with one attached hydrogen (secondary N) is 1. The Morgan fingerprint density at radius 1 is 1.45 bits per heavy atom. The van der Waals surface area contributed by atoms with Crippen molar-refractivity contribution in [3.05, 3.63) is 36.2 Å². The lowest BCUT2D eigenvalue weighted by atomic mass is 9.73. The number of pyridine rings is 1. The number of fused-ring (bicyclic) bond motifs is 7. The van der Waals surface area contributed by atoms with E-state index in [-0.39, 0.29) is 17.9 Å². The first-order valence-corrected chi connectivity index (χ1v) is 7.36. The van der Waals surface area contributed by atoms with Crippen molar-refractivity contribution in [3.8, 4) is 0 Å². The first kappa shape index (κ1) is 11.9. The predicted molar refractivity (Wildman–Crippen MR) is 75.2 cm³/mol. The molecule has 104 valence electrons. The lowest BCUT2D eigenvalue weighted by molar-refractivity contribution is -0.145. The molecule has 3 aliphatic rings. The average Bonchev–Trinajstić information content (AvgIpc) is 3.08. The first-order valence-electron chi connectivity index (χ1n) is 7.36. The van der Waals surface area contributed by atoms with E-state index in [2.05, 4.69) is 22.5 Å². The third kappa shape index (κ3) is 1.54. The fourth-order valence-electron chi connectivity index (χ4n) is 4.22. The molecule has 4 heteroatoms. The van der Waals surface area contributed by atoms with Gasteiger partial charge in [-0.3, -0.25) is 4.98 Å². The molecule has 4 rings (SSSR count). The molecule has 2 aliphatic carbocycles. The van der Waals surface area contributed by atoms with Crippen molar-refractivity contribution in [2.24, 2.45) is 17.8 Å². The molecule has 20 heavy (non-hydrogen) atoms. The third-order valence-corrected chi connectivity index (χ3v) is 4.91. The molecule has 2 heterocycles. The van der Waals surface area contributed by atoms with Crippen LogP contribution >= 0.6 is 0 Å². The van der Waals surface area contributed by atoms with Crippen molar-refractivity contribution in [1.82, 2.24) is 4.98 Å². The van der Waals surface area contributed by atoms with E-state index < -0.39 is 0 Å². The molecule has 0 radical (unpaired) electrons. The highest BCUT2D eigenvalue weighted by Crippen LogP contribution is 2.57. The second kappa shape index (κ2) is 4.33. The molecule has 0 saturated heterocycles. The van der Waals surface area contributed by atoms with E-state index >= 15 is 0 Å². The van der Waals surface area contributed by atoms with E-state index in [1.807, 2.05) is 25.3 Å². The Bertz CT molecular complexity index is 584. The van der Waals surface area contributed by atoms with Crippen LogP contribution in [0.3, 0.4) is 0 Å². The smallest absolute Gasteiger partial charge is 0.328 e. The van der Waals surface area contributed by atoms with E-state index in [4.69, 9.17) is 4.74 Å². The van der Waals surface area contributed by atoms with Crippen LogP contribution in [0.4, 0.5) is 5.69 Å². The monoisotopic (exact) mass is 270 g/mol. The number of carbonyl (C=O) groups is 1. The number of hydrogen-bond donors (Lipinski definition) is 1. The van der Waals surface area contributed by atoms with Crippen LogP contribution in [0.15, 0.2) is 30.5 Å². The zero-order chi connectivity index (χ0) is 13.7. The van der Waals surface area contributed by atoms with Crippen molar-refractivity contribution in [1.29, 1.82) is 0 Å². The minimum Gasteiger partial charge on any atom is -0.464 e. The normalized spacial score (nSPS) is 36.1. The Hall–Kier alpha value is -1.84. The number of carbonyl (C=O) groups excluding carboxylic acids is 1. The summed E-state index contributed by atoms with van der Waals surface area (Å²) in [4.78, 5) is 16.9. The maximum absolute atomic E-state index is 12.3. The molecule has 0 spiro atoms. The zero-order valence-electron chi connectivity index (χ0n) is 11.5. The molecule has 5 atom stereocenters. The topological polar surface area (TPSA) is 51.2 Å². The van der Waals surface area contributed by atoms with E-state index in [1.165, 1.54) is 0 Å². The largest absolute Gasteiger partial charge is 0.464 e. The van der Waals surface area contributed by atoms with Gasteiger partial charge in [-0.2, -0.15) is 0 Å². The maximum atomic E-state index is 12.3. The molecule has 1 saturated carbocycles. The number of rotatable bonds is 2. The van der Waals surface area contributed by atoms with Crippen LogP contribution < -0.4 is 5.32 Å². The van der Waals surface area contributed by atoms with E-state index in [0.717, 1.165) is 17.8 Å². The molecule has 0 amide bonds. The number of ether oxygens (including phenoxy) is 1. The molecule has 1 fully saturated rings. The number of anilines is 1. The molecule has 1 aromatic heterocycles.